The summed E-state index contributed by atoms with van der Waals surface area (Å²) in [6, 6.07) is 9.37. The number of anilines is 1. The fourth-order valence-corrected chi connectivity index (χ4v) is 2.13. The molecule has 0 saturated carbocycles. The van der Waals surface area contributed by atoms with Crippen LogP contribution in [-0.4, -0.2) is 12.1 Å². The lowest BCUT2D eigenvalue weighted by Gasteiger charge is -2.26. The maximum Gasteiger partial charge on any atom is 0.255 e. The van der Waals surface area contributed by atoms with Crippen LogP contribution in [0.3, 0.4) is 0 Å². The van der Waals surface area contributed by atoms with Crippen LogP contribution in [0.5, 0.6) is 0 Å². The number of nitrogens with one attached hydrogen (secondary N) is 2. The van der Waals surface area contributed by atoms with Crippen molar-refractivity contribution in [2.45, 2.75) is 13.1 Å². The number of benzene rings is 1. The number of carbonyl (C=O) groups excluding carboxylic acids is 1. The van der Waals surface area contributed by atoms with Gasteiger partial charge in [-0.1, -0.05) is 12.1 Å². The zero-order valence-electron chi connectivity index (χ0n) is 10.5. The normalized spacial score (nSPS) is 17.9. The van der Waals surface area contributed by atoms with Gasteiger partial charge in [-0.15, -0.1) is 0 Å². The minimum atomic E-state index is -0.230. The predicted molar refractivity (Wildman–Crippen MR) is 73.8 cm³/mol. The molecule has 96 valence electrons. The Balaban J connectivity index is 1.85. The second-order valence-electron chi connectivity index (χ2n) is 4.47. The quantitative estimate of drug-likeness (QED) is 0.866. The van der Waals surface area contributed by atoms with Crippen LogP contribution >= 0.6 is 0 Å². The molecule has 1 atom stereocenters. The number of hydrogen-bond donors (Lipinski definition) is 2. The maximum atomic E-state index is 12.0. The fourth-order valence-electron chi connectivity index (χ4n) is 2.13. The number of fused-ring (bicyclic) bond motifs is 1. The van der Waals surface area contributed by atoms with E-state index in [0.29, 0.717) is 5.56 Å². The number of para-hydroxylation sites is 1. The molecule has 4 nitrogen and oxygen atoms in total. The van der Waals surface area contributed by atoms with Crippen molar-refractivity contribution in [3.05, 3.63) is 59.6 Å². The van der Waals surface area contributed by atoms with Gasteiger partial charge in [0.05, 0.1) is 17.5 Å². The van der Waals surface area contributed by atoms with Crippen molar-refractivity contribution in [3.63, 3.8) is 0 Å². The number of aryl methyl sites for hydroxylation is 1. The van der Waals surface area contributed by atoms with Crippen LogP contribution in [0, 0.1) is 6.92 Å². The summed E-state index contributed by atoms with van der Waals surface area (Å²) in [5, 5.41) is 6.18. The molecular weight excluding hydrogens is 240 g/mol. The maximum absolute atomic E-state index is 12.0. The summed E-state index contributed by atoms with van der Waals surface area (Å²) in [6.07, 6.45) is 5.09. The molecule has 2 aromatic rings. The Morgan fingerprint density at radius 1 is 1.21 bits per heavy atom. The van der Waals surface area contributed by atoms with E-state index >= 15 is 0 Å². The van der Waals surface area contributed by atoms with Crippen LogP contribution in [0.25, 0.3) is 6.08 Å². The van der Waals surface area contributed by atoms with E-state index in [-0.39, 0.29) is 12.1 Å². The lowest BCUT2D eigenvalue weighted by atomic mass is 10.0. The summed E-state index contributed by atoms with van der Waals surface area (Å²) < 4.78 is 5.22. The van der Waals surface area contributed by atoms with E-state index in [0.717, 1.165) is 17.0 Å². The number of carbonyl (C=O) groups is 1. The molecule has 0 unspecified atom stereocenters. The minimum absolute atomic E-state index is 0.0634. The molecule has 1 aliphatic heterocycles. The van der Waals surface area contributed by atoms with Gasteiger partial charge in [-0.05, 0) is 42.8 Å². The van der Waals surface area contributed by atoms with Crippen LogP contribution in [0.15, 0.2) is 47.1 Å². The molecule has 0 radical (unpaired) electrons. The van der Waals surface area contributed by atoms with Gasteiger partial charge in [-0.3, -0.25) is 4.79 Å². The molecule has 1 aromatic carbocycles. The van der Waals surface area contributed by atoms with Crippen LogP contribution in [0.4, 0.5) is 5.69 Å². The van der Waals surface area contributed by atoms with Crippen LogP contribution < -0.4 is 10.6 Å². The lowest BCUT2D eigenvalue weighted by Crippen LogP contribution is -2.43. The van der Waals surface area contributed by atoms with E-state index in [1.54, 1.807) is 6.26 Å². The molecule has 1 amide bonds. The predicted octanol–water partition coefficient (Wildman–Crippen LogP) is 2.78. The first-order chi connectivity index (χ1) is 9.24. The highest BCUT2D eigenvalue weighted by Gasteiger charge is 2.22. The van der Waals surface area contributed by atoms with Gasteiger partial charge in [0.1, 0.15) is 11.9 Å². The highest BCUT2D eigenvalue weighted by Crippen LogP contribution is 2.24. The van der Waals surface area contributed by atoms with Crippen LogP contribution in [0.2, 0.25) is 0 Å². The second kappa shape index (κ2) is 4.65. The van der Waals surface area contributed by atoms with Gasteiger partial charge in [0.15, 0.2) is 0 Å². The largest absolute Gasteiger partial charge is 0.465 e. The first-order valence-corrected chi connectivity index (χ1v) is 6.13. The number of rotatable bonds is 2. The summed E-state index contributed by atoms with van der Waals surface area (Å²) in [5.74, 6) is 0.693. The molecule has 19 heavy (non-hydrogen) atoms. The Morgan fingerprint density at radius 2 is 2.11 bits per heavy atom. The lowest BCUT2D eigenvalue weighted by molar-refractivity contribution is 0.0943. The van der Waals surface area contributed by atoms with Gasteiger partial charge < -0.3 is 15.1 Å². The Bertz CT molecular complexity index is 630. The molecule has 0 aliphatic carbocycles. The van der Waals surface area contributed by atoms with E-state index in [2.05, 4.69) is 10.6 Å². The molecule has 2 heterocycles. The Hall–Kier alpha value is -2.49. The molecule has 4 heteroatoms. The zero-order valence-corrected chi connectivity index (χ0v) is 10.5. The van der Waals surface area contributed by atoms with Gasteiger partial charge in [0.2, 0.25) is 0 Å². The third kappa shape index (κ3) is 2.25. The molecule has 0 fully saturated rings. The molecular formula is C15H14N2O2. The van der Waals surface area contributed by atoms with Crippen molar-refractivity contribution in [1.29, 1.82) is 0 Å². The molecule has 0 spiro atoms. The van der Waals surface area contributed by atoms with Crippen molar-refractivity contribution in [2.24, 2.45) is 0 Å². The van der Waals surface area contributed by atoms with E-state index in [1.165, 1.54) is 0 Å². The third-order valence-corrected chi connectivity index (χ3v) is 3.10. The van der Waals surface area contributed by atoms with E-state index in [1.807, 2.05) is 49.4 Å². The number of hydrogen-bond acceptors (Lipinski definition) is 3. The fraction of sp³-hybridized carbons (Fsp3) is 0.133. The van der Waals surface area contributed by atoms with Crippen LogP contribution in [0.1, 0.15) is 21.7 Å². The monoisotopic (exact) mass is 254 g/mol. The molecule has 3 rings (SSSR count). The van der Waals surface area contributed by atoms with Gasteiger partial charge in [0.25, 0.3) is 5.91 Å². The molecule has 0 bridgehead atoms. The van der Waals surface area contributed by atoms with Gasteiger partial charge in [-0.25, -0.2) is 0 Å². The molecule has 1 aromatic heterocycles. The van der Waals surface area contributed by atoms with Gasteiger partial charge in [-0.2, -0.15) is 0 Å². The number of furan rings is 1. The highest BCUT2D eigenvalue weighted by atomic mass is 16.3. The Kier molecular flexibility index (Phi) is 2.83. The first kappa shape index (κ1) is 11.6. The summed E-state index contributed by atoms with van der Waals surface area (Å²) >= 11 is 0. The van der Waals surface area contributed by atoms with Crippen molar-refractivity contribution >= 4 is 17.7 Å². The van der Waals surface area contributed by atoms with E-state index < -0.39 is 0 Å². The smallest absolute Gasteiger partial charge is 0.255 e. The zero-order chi connectivity index (χ0) is 13.2. The summed E-state index contributed by atoms with van der Waals surface area (Å²) in [7, 11) is 0. The molecule has 1 aliphatic rings. The average molecular weight is 254 g/mol. The third-order valence-electron chi connectivity index (χ3n) is 3.10. The van der Waals surface area contributed by atoms with E-state index in [9.17, 15) is 4.79 Å². The minimum Gasteiger partial charge on any atom is -0.465 e. The highest BCUT2D eigenvalue weighted by molar-refractivity contribution is 6.02. The first-order valence-electron chi connectivity index (χ1n) is 6.13. The number of amides is 1. The summed E-state index contributed by atoms with van der Waals surface area (Å²) in [4.78, 5) is 12.0. The molecule has 0 saturated heterocycles. The standard InChI is InChI=1S/C15H14N2O2/c1-10-4-2-6-12-14(10)16-13(17-15(12)18)8-7-11-5-3-9-19-11/h2-9,13,16H,1H3,(H,17,18)/b8-7+/t13-/m1/s1. The van der Waals surface area contributed by atoms with Crippen molar-refractivity contribution in [1.82, 2.24) is 5.32 Å². The summed E-state index contributed by atoms with van der Waals surface area (Å²) in [6.45, 7) is 1.98. The topological polar surface area (TPSA) is 54.3 Å². The van der Waals surface area contributed by atoms with Gasteiger partial charge >= 0.3 is 0 Å². The second-order valence-corrected chi connectivity index (χ2v) is 4.47. The van der Waals surface area contributed by atoms with Crippen molar-refractivity contribution in [2.75, 3.05) is 5.32 Å². The summed E-state index contributed by atoms with van der Waals surface area (Å²) in [5.41, 5.74) is 2.63. The van der Waals surface area contributed by atoms with Crippen LogP contribution in [-0.2, 0) is 0 Å². The van der Waals surface area contributed by atoms with Gasteiger partial charge in [0, 0.05) is 0 Å². The van der Waals surface area contributed by atoms with E-state index in [4.69, 9.17) is 4.42 Å². The van der Waals surface area contributed by atoms with Crippen molar-refractivity contribution in [3.8, 4) is 0 Å². The Labute approximate surface area is 111 Å². The molecule has 2 N–H and O–H groups in total. The SMILES string of the molecule is Cc1cccc2c1N[C@@H](/C=C/c1ccco1)NC2=O. The average Bonchev–Trinajstić information content (AvgIpc) is 2.91. The Morgan fingerprint density at radius 3 is 2.89 bits per heavy atom. The van der Waals surface area contributed by atoms with Crippen molar-refractivity contribution < 1.29 is 9.21 Å².